The van der Waals surface area contributed by atoms with Gasteiger partial charge in [-0.05, 0) is 49.4 Å². The van der Waals surface area contributed by atoms with Crippen molar-refractivity contribution >= 4 is 23.5 Å². The lowest BCUT2D eigenvalue weighted by molar-refractivity contribution is 0.281. The molecule has 0 radical (unpaired) electrons. The smallest absolute Gasteiger partial charge is 0.0733 e. The molecule has 1 saturated carbocycles. The summed E-state index contributed by atoms with van der Waals surface area (Å²) in [6.45, 7) is 2.31. The molecule has 0 bridgehead atoms. The second-order valence-electron chi connectivity index (χ2n) is 5.67. The van der Waals surface area contributed by atoms with Gasteiger partial charge in [0.2, 0.25) is 0 Å². The fraction of sp³-hybridized carbons (Fsp3) is 0.368. The van der Waals surface area contributed by atoms with E-state index in [4.69, 9.17) is 0 Å². The van der Waals surface area contributed by atoms with E-state index in [9.17, 15) is 0 Å². The van der Waals surface area contributed by atoms with Gasteiger partial charge in [-0.2, -0.15) is 0 Å². The Morgan fingerprint density at radius 3 is 1.81 bits per heavy atom. The first kappa shape index (κ1) is 15.1. The Morgan fingerprint density at radius 1 is 0.905 bits per heavy atom. The molecule has 1 aliphatic carbocycles. The predicted octanol–water partition coefficient (Wildman–Crippen LogP) is 6.48. The Morgan fingerprint density at radius 2 is 1.43 bits per heavy atom. The van der Waals surface area contributed by atoms with Gasteiger partial charge in [0.25, 0.3) is 0 Å². The molecule has 0 nitrogen and oxygen atoms in total. The molecule has 1 aliphatic rings. The molecule has 0 heterocycles. The minimum absolute atomic E-state index is 0.332. The summed E-state index contributed by atoms with van der Waals surface area (Å²) in [6, 6.07) is 21.8. The average molecular weight is 315 g/mol. The van der Waals surface area contributed by atoms with E-state index in [0.29, 0.717) is 4.08 Å². The van der Waals surface area contributed by atoms with Crippen LogP contribution in [-0.4, -0.2) is 4.08 Å². The number of thioether (sulfide) groups is 2. The molecule has 2 aromatic carbocycles. The van der Waals surface area contributed by atoms with Crippen LogP contribution < -0.4 is 0 Å². The topological polar surface area (TPSA) is 0 Å². The minimum atomic E-state index is 0.332. The lowest BCUT2D eigenvalue weighted by Gasteiger charge is -2.48. The largest absolute Gasteiger partial charge is 0.108 e. The van der Waals surface area contributed by atoms with Crippen molar-refractivity contribution in [1.29, 1.82) is 0 Å². The van der Waals surface area contributed by atoms with Gasteiger partial charge in [0.05, 0.1) is 4.08 Å². The van der Waals surface area contributed by atoms with Crippen molar-refractivity contribution in [2.75, 3.05) is 0 Å². The summed E-state index contributed by atoms with van der Waals surface area (Å²) in [4.78, 5) is 2.81. The second-order valence-corrected chi connectivity index (χ2v) is 8.73. The highest BCUT2D eigenvalue weighted by Gasteiger charge is 2.47. The van der Waals surface area contributed by atoms with E-state index >= 15 is 0 Å². The predicted molar refractivity (Wildman–Crippen MR) is 95.0 cm³/mol. The van der Waals surface area contributed by atoms with Gasteiger partial charge in [0.15, 0.2) is 0 Å². The van der Waals surface area contributed by atoms with Gasteiger partial charge in [0, 0.05) is 9.79 Å². The fourth-order valence-corrected chi connectivity index (χ4v) is 6.34. The molecule has 1 fully saturated rings. The van der Waals surface area contributed by atoms with Gasteiger partial charge in [0.1, 0.15) is 0 Å². The van der Waals surface area contributed by atoms with Crippen LogP contribution in [0.4, 0.5) is 0 Å². The van der Waals surface area contributed by atoms with Crippen molar-refractivity contribution in [3.05, 3.63) is 60.7 Å². The molecule has 0 N–H and O–H groups in total. The van der Waals surface area contributed by atoms with Crippen molar-refractivity contribution in [2.24, 2.45) is 5.92 Å². The molecular weight excluding hydrogens is 292 g/mol. The molecule has 0 amide bonds. The summed E-state index contributed by atoms with van der Waals surface area (Å²) < 4.78 is 0.332. The van der Waals surface area contributed by atoms with E-state index in [1.54, 1.807) is 0 Å². The highest BCUT2D eigenvalue weighted by molar-refractivity contribution is 8.18. The van der Waals surface area contributed by atoms with Crippen molar-refractivity contribution in [3.8, 4) is 0 Å². The maximum Gasteiger partial charge on any atom is 0.0733 e. The molecule has 2 aromatic rings. The average Bonchev–Trinajstić information content (AvgIpc) is 2.53. The van der Waals surface area contributed by atoms with Gasteiger partial charge in [-0.25, -0.2) is 0 Å². The van der Waals surface area contributed by atoms with Crippen molar-refractivity contribution in [1.82, 2.24) is 0 Å². The lowest BCUT2D eigenvalue weighted by atomic mass is 9.81. The molecule has 0 aromatic heterocycles. The van der Waals surface area contributed by atoms with Crippen LogP contribution >= 0.6 is 23.5 Å². The van der Waals surface area contributed by atoms with Crippen LogP contribution in [0, 0.1) is 5.92 Å². The Hall–Kier alpha value is -0.860. The zero-order valence-electron chi connectivity index (χ0n) is 12.5. The van der Waals surface area contributed by atoms with Crippen LogP contribution in [0.15, 0.2) is 70.5 Å². The van der Waals surface area contributed by atoms with Gasteiger partial charge in [-0.3, -0.25) is 0 Å². The Labute approximate surface area is 136 Å². The molecule has 21 heavy (non-hydrogen) atoms. The van der Waals surface area contributed by atoms with E-state index in [1.165, 1.54) is 35.5 Å². The number of rotatable bonds is 6. The summed E-state index contributed by atoms with van der Waals surface area (Å²) in [7, 11) is 0. The first-order chi connectivity index (χ1) is 10.3. The molecule has 0 spiro atoms. The standard InChI is InChI=1S/C19H22S2/c1-2-9-16-14-15-19(16,20-17-10-5-3-6-11-17)21-18-12-7-4-8-13-18/h3-8,10-13,16H,2,9,14-15H2,1H3. The van der Waals surface area contributed by atoms with Crippen LogP contribution in [0.5, 0.6) is 0 Å². The molecular formula is C19H22S2. The zero-order chi connectivity index (χ0) is 14.5. The third-order valence-corrected chi connectivity index (χ3v) is 7.45. The second kappa shape index (κ2) is 6.93. The lowest BCUT2D eigenvalue weighted by Crippen LogP contribution is -2.40. The van der Waals surface area contributed by atoms with Gasteiger partial charge in [-0.1, -0.05) is 49.7 Å². The van der Waals surface area contributed by atoms with E-state index in [-0.39, 0.29) is 0 Å². The monoisotopic (exact) mass is 314 g/mol. The normalized spacial score (nSPS) is 20.0. The third-order valence-electron chi connectivity index (χ3n) is 4.17. The highest BCUT2D eigenvalue weighted by atomic mass is 32.2. The maximum absolute atomic E-state index is 2.31. The maximum atomic E-state index is 2.31. The summed E-state index contributed by atoms with van der Waals surface area (Å²) in [6.07, 6.45) is 5.33. The fourth-order valence-electron chi connectivity index (χ4n) is 2.96. The summed E-state index contributed by atoms with van der Waals surface area (Å²) in [5.41, 5.74) is 0. The van der Waals surface area contributed by atoms with Crippen molar-refractivity contribution < 1.29 is 0 Å². The molecule has 0 aliphatic heterocycles. The third kappa shape index (κ3) is 3.49. The van der Waals surface area contributed by atoms with Crippen LogP contribution in [-0.2, 0) is 0 Å². The Kier molecular flexibility index (Phi) is 4.97. The summed E-state index contributed by atoms with van der Waals surface area (Å²) in [5.74, 6) is 0.831. The van der Waals surface area contributed by atoms with E-state index in [1.807, 2.05) is 0 Å². The number of benzene rings is 2. The molecule has 1 unspecified atom stereocenters. The Bertz CT molecular complexity index is 509. The minimum Gasteiger partial charge on any atom is -0.108 e. The van der Waals surface area contributed by atoms with Gasteiger partial charge >= 0.3 is 0 Å². The SMILES string of the molecule is CCCC1CCC1(Sc1ccccc1)Sc1ccccc1. The van der Waals surface area contributed by atoms with Crippen LogP contribution in [0.25, 0.3) is 0 Å². The van der Waals surface area contributed by atoms with Crippen molar-refractivity contribution in [3.63, 3.8) is 0 Å². The highest BCUT2D eigenvalue weighted by Crippen LogP contribution is 2.61. The summed E-state index contributed by atoms with van der Waals surface area (Å²) in [5, 5.41) is 0. The van der Waals surface area contributed by atoms with Gasteiger partial charge in [-0.15, -0.1) is 23.5 Å². The molecule has 2 heteroatoms. The number of hydrogen-bond acceptors (Lipinski definition) is 2. The zero-order valence-corrected chi connectivity index (χ0v) is 14.1. The van der Waals surface area contributed by atoms with Gasteiger partial charge < -0.3 is 0 Å². The van der Waals surface area contributed by atoms with Crippen LogP contribution in [0.2, 0.25) is 0 Å². The van der Waals surface area contributed by atoms with E-state index < -0.39 is 0 Å². The number of hydrogen-bond donors (Lipinski definition) is 0. The van der Waals surface area contributed by atoms with Crippen molar-refractivity contribution in [2.45, 2.75) is 46.5 Å². The molecule has 1 atom stereocenters. The quantitative estimate of drug-likeness (QED) is 0.560. The molecule has 0 saturated heterocycles. The van der Waals surface area contributed by atoms with Crippen LogP contribution in [0.1, 0.15) is 32.6 Å². The molecule has 3 rings (SSSR count). The van der Waals surface area contributed by atoms with E-state index in [0.717, 1.165) is 5.92 Å². The summed E-state index contributed by atoms with van der Waals surface area (Å²) >= 11 is 4.17. The Balaban J connectivity index is 1.81. The van der Waals surface area contributed by atoms with E-state index in [2.05, 4.69) is 91.1 Å². The molecule has 110 valence electrons. The first-order valence-electron chi connectivity index (χ1n) is 7.80. The first-order valence-corrected chi connectivity index (χ1v) is 9.44. The van der Waals surface area contributed by atoms with Crippen LogP contribution in [0.3, 0.4) is 0 Å².